The molecule has 2 nitrogen and oxygen atoms in total. The second-order valence-electron chi connectivity index (χ2n) is 4.49. The molecule has 1 N–H and O–H groups in total. The Bertz CT molecular complexity index is 423. The SMILES string of the molecule is C=CC[C@@H](c1ccc(F)cc1Cl)N1CCNCC1.Cl.Cl. The van der Waals surface area contributed by atoms with Gasteiger partial charge in [-0.3, -0.25) is 4.90 Å². The minimum atomic E-state index is -0.290. The maximum Gasteiger partial charge on any atom is 0.124 e. The molecular formula is C14H20Cl3FN2. The number of hydrogen-bond acceptors (Lipinski definition) is 2. The number of piperazine rings is 1. The van der Waals surface area contributed by atoms with Crippen LogP contribution in [-0.2, 0) is 0 Å². The topological polar surface area (TPSA) is 15.3 Å². The van der Waals surface area contributed by atoms with Crippen LogP contribution in [0, 0.1) is 5.82 Å². The molecule has 1 aromatic carbocycles. The van der Waals surface area contributed by atoms with Crippen LogP contribution in [0.5, 0.6) is 0 Å². The average molecular weight is 342 g/mol. The molecule has 0 bridgehead atoms. The molecule has 1 aliphatic rings. The van der Waals surface area contributed by atoms with E-state index < -0.39 is 0 Å². The lowest BCUT2D eigenvalue weighted by Gasteiger charge is -2.35. The molecule has 0 aliphatic carbocycles. The van der Waals surface area contributed by atoms with Gasteiger partial charge in [0, 0.05) is 37.2 Å². The van der Waals surface area contributed by atoms with Crippen molar-refractivity contribution < 1.29 is 4.39 Å². The Morgan fingerprint density at radius 1 is 1.35 bits per heavy atom. The first-order chi connectivity index (χ1) is 8.72. The van der Waals surface area contributed by atoms with E-state index in [9.17, 15) is 4.39 Å². The predicted octanol–water partition coefficient (Wildman–Crippen LogP) is 3.85. The monoisotopic (exact) mass is 340 g/mol. The predicted molar refractivity (Wildman–Crippen MR) is 87.9 cm³/mol. The van der Waals surface area contributed by atoms with Gasteiger partial charge in [-0.25, -0.2) is 4.39 Å². The number of benzene rings is 1. The fourth-order valence-electron chi connectivity index (χ4n) is 2.40. The smallest absolute Gasteiger partial charge is 0.124 e. The van der Waals surface area contributed by atoms with Crippen molar-refractivity contribution in [1.82, 2.24) is 10.2 Å². The molecule has 20 heavy (non-hydrogen) atoms. The summed E-state index contributed by atoms with van der Waals surface area (Å²) in [6.07, 6.45) is 2.72. The van der Waals surface area contributed by atoms with Crippen LogP contribution in [0.15, 0.2) is 30.9 Å². The number of rotatable bonds is 4. The fraction of sp³-hybridized carbons (Fsp3) is 0.429. The van der Waals surface area contributed by atoms with Crippen molar-refractivity contribution in [3.63, 3.8) is 0 Å². The van der Waals surface area contributed by atoms with Crippen molar-refractivity contribution in [2.45, 2.75) is 12.5 Å². The van der Waals surface area contributed by atoms with Crippen LogP contribution in [0.3, 0.4) is 0 Å². The third-order valence-electron chi connectivity index (χ3n) is 3.30. The van der Waals surface area contributed by atoms with E-state index in [2.05, 4.69) is 16.8 Å². The van der Waals surface area contributed by atoms with E-state index in [0.717, 1.165) is 38.2 Å². The minimum Gasteiger partial charge on any atom is -0.314 e. The van der Waals surface area contributed by atoms with Gasteiger partial charge in [0.2, 0.25) is 0 Å². The lowest BCUT2D eigenvalue weighted by Crippen LogP contribution is -2.45. The molecule has 2 rings (SSSR count). The zero-order chi connectivity index (χ0) is 13.0. The summed E-state index contributed by atoms with van der Waals surface area (Å²) in [5, 5.41) is 3.83. The third-order valence-corrected chi connectivity index (χ3v) is 3.63. The number of nitrogens with one attached hydrogen (secondary N) is 1. The van der Waals surface area contributed by atoms with Gasteiger partial charge in [0.15, 0.2) is 0 Å². The molecule has 1 fully saturated rings. The van der Waals surface area contributed by atoms with Gasteiger partial charge in [-0.2, -0.15) is 0 Å². The molecule has 6 heteroatoms. The van der Waals surface area contributed by atoms with Crippen LogP contribution in [0.2, 0.25) is 5.02 Å². The van der Waals surface area contributed by atoms with Gasteiger partial charge in [0.1, 0.15) is 5.82 Å². The van der Waals surface area contributed by atoms with Crippen LogP contribution in [0.1, 0.15) is 18.0 Å². The Kier molecular flexibility index (Phi) is 9.43. The van der Waals surface area contributed by atoms with Crippen LogP contribution in [-0.4, -0.2) is 31.1 Å². The minimum absolute atomic E-state index is 0. The molecule has 0 unspecified atom stereocenters. The summed E-state index contributed by atoms with van der Waals surface area (Å²) in [6, 6.07) is 4.83. The van der Waals surface area contributed by atoms with E-state index in [1.807, 2.05) is 6.08 Å². The molecule has 1 atom stereocenters. The number of halogens is 4. The first-order valence-corrected chi connectivity index (χ1v) is 6.61. The second-order valence-corrected chi connectivity index (χ2v) is 4.90. The highest BCUT2D eigenvalue weighted by atomic mass is 35.5. The molecule has 1 aliphatic heterocycles. The Balaban J connectivity index is 0.00000180. The molecule has 0 radical (unpaired) electrons. The molecule has 0 amide bonds. The highest BCUT2D eigenvalue weighted by Gasteiger charge is 2.22. The lowest BCUT2D eigenvalue weighted by atomic mass is 10.0. The van der Waals surface area contributed by atoms with Crippen LogP contribution in [0.25, 0.3) is 0 Å². The van der Waals surface area contributed by atoms with Gasteiger partial charge < -0.3 is 5.32 Å². The molecule has 0 spiro atoms. The van der Waals surface area contributed by atoms with Gasteiger partial charge in [-0.05, 0) is 24.1 Å². The molecule has 1 heterocycles. The van der Waals surface area contributed by atoms with Gasteiger partial charge in [-0.1, -0.05) is 23.7 Å². The normalized spacial score (nSPS) is 16.7. The summed E-state index contributed by atoms with van der Waals surface area (Å²) in [7, 11) is 0. The van der Waals surface area contributed by atoms with Crippen LogP contribution in [0.4, 0.5) is 4.39 Å². The zero-order valence-electron chi connectivity index (χ0n) is 11.1. The van der Waals surface area contributed by atoms with E-state index >= 15 is 0 Å². The highest BCUT2D eigenvalue weighted by molar-refractivity contribution is 6.31. The number of hydrogen-bond donors (Lipinski definition) is 1. The van der Waals surface area contributed by atoms with Crippen molar-refractivity contribution in [1.29, 1.82) is 0 Å². The van der Waals surface area contributed by atoms with Crippen molar-refractivity contribution in [2.75, 3.05) is 26.2 Å². The van der Waals surface area contributed by atoms with Crippen molar-refractivity contribution >= 4 is 36.4 Å². The maximum atomic E-state index is 13.1. The molecular weight excluding hydrogens is 322 g/mol. The largest absolute Gasteiger partial charge is 0.314 e. The summed E-state index contributed by atoms with van der Waals surface area (Å²) in [5.41, 5.74) is 0.986. The van der Waals surface area contributed by atoms with Crippen molar-refractivity contribution in [3.05, 3.63) is 47.3 Å². The number of nitrogens with zero attached hydrogens (tertiary/aromatic N) is 1. The van der Waals surface area contributed by atoms with Crippen molar-refractivity contribution in [2.24, 2.45) is 0 Å². The Morgan fingerprint density at radius 3 is 2.55 bits per heavy atom. The van der Waals surface area contributed by atoms with E-state index in [-0.39, 0.29) is 36.7 Å². The van der Waals surface area contributed by atoms with E-state index in [4.69, 9.17) is 11.6 Å². The van der Waals surface area contributed by atoms with E-state index in [0.29, 0.717) is 5.02 Å². The van der Waals surface area contributed by atoms with E-state index in [1.54, 1.807) is 6.07 Å². The van der Waals surface area contributed by atoms with Crippen LogP contribution < -0.4 is 5.32 Å². The fourth-order valence-corrected chi connectivity index (χ4v) is 2.69. The Hall–Kier alpha value is -0.320. The quantitative estimate of drug-likeness (QED) is 0.837. The zero-order valence-corrected chi connectivity index (χ0v) is 13.5. The standard InChI is InChI=1S/C14H18ClFN2.2ClH/c1-2-3-14(18-8-6-17-7-9-18)12-5-4-11(16)10-13(12)15;;/h2,4-5,10,14,17H,1,3,6-9H2;2*1H/t14-;;/m0../s1. The first-order valence-electron chi connectivity index (χ1n) is 6.23. The second kappa shape index (κ2) is 9.59. The Morgan fingerprint density at radius 2 is 2.00 bits per heavy atom. The summed E-state index contributed by atoms with van der Waals surface area (Å²) in [6.45, 7) is 7.72. The summed E-state index contributed by atoms with van der Waals surface area (Å²) < 4.78 is 13.1. The summed E-state index contributed by atoms with van der Waals surface area (Å²) in [4.78, 5) is 2.37. The van der Waals surface area contributed by atoms with Gasteiger partial charge in [0.25, 0.3) is 0 Å². The average Bonchev–Trinajstić information content (AvgIpc) is 2.38. The van der Waals surface area contributed by atoms with Crippen molar-refractivity contribution in [3.8, 4) is 0 Å². The molecule has 0 aromatic heterocycles. The highest BCUT2D eigenvalue weighted by Crippen LogP contribution is 2.31. The molecule has 0 saturated carbocycles. The first kappa shape index (κ1) is 19.7. The van der Waals surface area contributed by atoms with Gasteiger partial charge >= 0.3 is 0 Å². The van der Waals surface area contributed by atoms with E-state index in [1.165, 1.54) is 12.1 Å². The van der Waals surface area contributed by atoms with Gasteiger partial charge in [-0.15, -0.1) is 31.4 Å². The molecule has 114 valence electrons. The van der Waals surface area contributed by atoms with Gasteiger partial charge in [0.05, 0.1) is 0 Å². The van der Waals surface area contributed by atoms with Crippen LogP contribution >= 0.6 is 36.4 Å². The lowest BCUT2D eigenvalue weighted by molar-refractivity contribution is 0.174. The maximum absolute atomic E-state index is 13.1. The molecule has 1 saturated heterocycles. The third kappa shape index (κ3) is 4.90. The Labute approximate surface area is 137 Å². The summed E-state index contributed by atoms with van der Waals surface area (Å²) >= 11 is 6.16. The molecule has 1 aromatic rings. The summed E-state index contributed by atoms with van der Waals surface area (Å²) in [5.74, 6) is -0.290.